The van der Waals surface area contributed by atoms with Gasteiger partial charge in [-0.2, -0.15) is 8.42 Å². The minimum Gasteiger partial charge on any atom is -0.312 e. The van der Waals surface area contributed by atoms with Crippen LogP contribution in [-0.4, -0.2) is 25.1 Å². The number of amides is 1. The molecule has 1 N–H and O–H groups in total. The zero-order chi connectivity index (χ0) is 18.1. The Morgan fingerprint density at radius 3 is 2.54 bits per heavy atom. The molecule has 0 radical (unpaired) electrons. The molecule has 1 aromatic heterocycles. The zero-order valence-electron chi connectivity index (χ0n) is 13.3. The van der Waals surface area contributed by atoms with Crippen LogP contribution in [0.4, 0.5) is 5.82 Å². The number of carbonyl (C=O) groups is 1. The first-order valence-electron chi connectivity index (χ1n) is 6.87. The summed E-state index contributed by atoms with van der Waals surface area (Å²) >= 11 is 12.5. The lowest BCUT2D eigenvalue weighted by molar-refractivity contribution is -0.114. The highest BCUT2D eigenvalue weighted by Gasteiger charge is 2.17. The molecule has 1 aromatic carbocycles. The molecule has 9 heteroatoms. The van der Waals surface area contributed by atoms with Crippen molar-refractivity contribution in [2.75, 3.05) is 11.6 Å². The molecule has 0 saturated carbocycles. The summed E-state index contributed by atoms with van der Waals surface area (Å²) < 4.78 is 28.9. The van der Waals surface area contributed by atoms with Crippen LogP contribution in [0.1, 0.15) is 18.1 Å². The van der Waals surface area contributed by atoms with Crippen LogP contribution < -0.4 is 5.32 Å². The molecule has 2 aromatic rings. The molecule has 24 heavy (non-hydrogen) atoms. The Morgan fingerprint density at radius 1 is 1.29 bits per heavy atom. The molecule has 0 saturated heterocycles. The van der Waals surface area contributed by atoms with Gasteiger partial charge in [0, 0.05) is 23.7 Å². The molecular formula is C15H16Cl2N2O4S. The molecule has 0 aliphatic heterocycles. The number of hydrogen-bond donors (Lipinski definition) is 1. The smallest absolute Gasteiger partial charge is 0.264 e. The van der Waals surface area contributed by atoms with Gasteiger partial charge in [-0.15, -0.1) is 0 Å². The number of rotatable bonds is 5. The van der Waals surface area contributed by atoms with Gasteiger partial charge in [0.2, 0.25) is 5.91 Å². The largest absolute Gasteiger partial charge is 0.312 e. The van der Waals surface area contributed by atoms with Crippen LogP contribution in [0, 0.1) is 6.92 Å². The normalized spacial score (nSPS) is 11.5. The minimum absolute atomic E-state index is 0.219. The molecule has 2 rings (SSSR count). The topological polar surface area (TPSA) is 77.4 Å². The Hall–Kier alpha value is -1.54. The van der Waals surface area contributed by atoms with Crippen LogP contribution in [0.15, 0.2) is 24.4 Å². The highest BCUT2D eigenvalue weighted by Crippen LogP contribution is 2.34. The molecular weight excluding hydrogens is 375 g/mol. The Labute approximate surface area is 150 Å². The van der Waals surface area contributed by atoms with Gasteiger partial charge in [0.15, 0.2) is 0 Å². The van der Waals surface area contributed by atoms with E-state index in [9.17, 15) is 13.2 Å². The number of nitrogens with one attached hydrogen (secondary N) is 1. The monoisotopic (exact) mass is 390 g/mol. The van der Waals surface area contributed by atoms with Crippen molar-refractivity contribution in [3.63, 3.8) is 0 Å². The van der Waals surface area contributed by atoms with Crippen molar-refractivity contribution in [1.29, 1.82) is 0 Å². The lowest BCUT2D eigenvalue weighted by Crippen LogP contribution is -2.11. The maximum Gasteiger partial charge on any atom is 0.264 e. The second-order valence-corrected chi connectivity index (χ2v) is 7.65. The fourth-order valence-corrected chi connectivity index (χ4v) is 3.03. The molecule has 0 spiro atoms. The molecule has 1 amide bonds. The van der Waals surface area contributed by atoms with E-state index in [1.54, 1.807) is 22.9 Å². The second kappa shape index (κ2) is 7.14. The molecule has 0 bridgehead atoms. The number of carbonyl (C=O) groups excluding carboxylic acids is 1. The number of nitrogens with zero attached hydrogens (tertiary/aromatic N) is 1. The Morgan fingerprint density at radius 2 is 1.96 bits per heavy atom. The van der Waals surface area contributed by atoms with E-state index in [0.717, 1.165) is 11.8 Å². The van der Waals surface area contributed by atoms with Gasteiger partial charge < -0.3 is 9.88 Å². The number of halogens is 2. The highest BCUT2D eigenvalue weighted by molar-refractivity contribution is 7.85. The number of aryl methyl sites for hydroxylation is 1. The van der Waals surface area contributed by atoms with Crippen LogP contribution in [0.2, 0.25) is 10.0 Å². The molecule has 0 aliphatic carbocycles. The molecule has 130 valence electrons. The summed E-state index contributed by atoms with van der Waals surface area (Å²) in [5, 5.41) is 3.28. The predicted octanol–water partition coefficient (Wildman–Crippen LogP) is 3.53. The lowest BCUT2D eigenvalue weighted by Gasteiger charge is -2.15. The minimum atomic E-state index is -3.63. The first-order chi connectivity index (χ1) is 11.1. The molecule has 6 nitrogen and oxygen atoms in total. The summed E-state index contributed by atoms with van der Waals surface area (Å²) in [6.07, 6.45) is 2.69. The maximum atomic E-state index is 11.4. The molecule has 0 fully saturated rings. The van der Waals surface area contributed by atoms with Gasteiger partial charge in [-0.3, -0.25) is 8.98 Å². The zero-order valence-corrected chi connectivity index (χ0v) is 15.6. The van der Waals surface area contributed by atoms with E-state index in [4.69, 9.17) is 27.4 Å². The van der Waals surface area contributed by atoms with Crippen molar-refractivity contribution in [3.8, 4) is 5.69 Å². The van der Waals surface area contributed by atoms with Crippen LogP contribution in [0.3, 0.4) is 0 Å². The quantitative estimate of drug-likeness (QED) is 0.792. The summed E-state index contributed by atoms with van der Waals surface area (Å²) in [5.41, 5.74) is 1.75. The van der Waals surface area contributed by atoms with Crippen molar-refractivity contribution in [2.45, 2.75) is 20.5 Å². The maximum absolute atomic E-state index is 11.4. The standard InChI is InChI=1S/C15H16Cl2N2O4S/c1-9-6-7-19(15(9)18-10(2)20)13-5-4-12(16)11(14(13)17)8-23-24(3,21)22/h4-7H,8H2,1-3H3,(H,18,20). The highest BCUT2D eigenvalue weighted by atomic mass is 35.5. The fraction of sp³-hybridized carbons (Fsp3) is 0.267. The number of aromatic nitrogens is 1. The summed E-state index contributed by atoms with van der Waals surface area (Å²) in [7, 11) is -3.63. The van der Waals surface area contributed by atoms with Gasteiger partial charge in [-0.1, -0.05) is 23.2 Å². The van der Waals surface area contributed by atoms with Crippen LogP contribution >= 0.6 is 23.2 Å². The van der Waals surface area contributed by atoms with E-state index in [0.29, 0.717) is 17.1 Å². The first kappa shape index (κ1) is 18.8. The average molecular weight is 391 g/mol. The number of hydrogen-bond acceptors (Lipinski definition) is 4. The second-order valence-electron chi connectivity index (χ2n) is 5.22. The van der Waals surface area contributed by atoms with E-state index in [2.05, 4.69) is 5.32 Å². The fourth-order valence-electron chi connectivity index (χ4n) is 2.13. The summed E-state index contributed by atoms with van der Waals surface area (Å²) in [6, 6.07) is 5.10. The van der Waals surface area contributed by atoms with E-state index in [-0.39, 0.29) is 22.6 Å². The van der Waals surface area contributed by atoms with Crippen molar-refractivity contribution in [2.24, 2.45) is 0 Å². The Bertz CT molecular complexity index is 891. The van der Waals surface area contributed by atoms with Gasteiger partial charge in [0.05, 0.1) is 23.6 Å². The van der Waals surface area contributed by atoms with Crippen molar-refractivity contribution < 1.29 is 17.4 Å². The molecule has 0 unspecified atom stereocenters. The van der Waals surface area contributed by atoms with Gasteiger partial charge in [-0.25, -0.2) is 0 Å². The van der Waals surface area contributed by atoms with E-state index < -0.39 is 10.1 Å². The van der Waals surface area contributed by atoms with Crippen molar-refractivity contribution in [3.05, 3.63) is 45.6 Å². The van der Waals surface area contributed by atoms with E-state index >= 15 is 0 Å². The number of anilines is 1. The van der Waals surface area contributed by atoms with Gasteiger partial charge in [0.1, 0.15) is 5.82 Å². The van der Waals surface area contributed by atoms with Crippen molar-refractivity contribution in [1.82, 2.24) is 4.57 Å². The summed E-state index contributed by atoms with van der Waals surface area (Å²) in [4.78, 5) is 11.4. The Balaban J connectivity index is 2.51. The van der Waals surface area contributed by atoms with Gasteiger partial charge >= 0.3 is 0 Å². The Kier molecular flexibility index (Phi) is 5.59. The molecule has 1 heterocycles. The summed E-state index contributed by atoms with van der Waals surface area (Å²) in [6.45, 7) is 2.98. The van der Waals surface area contributed by atoms with Crippen LogP contribution in [0.5, 0.6) is 0 Å². The third-order valence-corrected chi connectivity index (χ3v) is 4.55. The van der Waals surface area contributed by atoms with Gasteiger partial charge in [-0.05, 0) is 30.7 Å². The van der Waals surface area contributed by atoms with Crippen LogP contribution in [0.25, 0.3) is 5.69 Å². The molecule has 0 atom stereocenters. The lowest BCUT2D eigenvalue weighted by atomic mass is 10.2. The van der Waals surface area contributed by atoms with Crippen LogP contribution in [-0.2, 0) is 25.7 Å². The van der Waals surface area contributed by atoms with E-state index in [1.807, 2.05) is 13.0 Å². The number of benzene rings is 1. The first-order valence-corrected chi connectivity index (χ1v) is 9.44. The third kappa shape index (κ3) is 4.30. The summed E-state index contributed by atoms with van der Waals surface area (Å²) in [5.74, 6) is 0.352. The van der Waals surface area contributed by atoms with Crippen molar-refractivity contribution >= 4 is 45.0 Å². The van der Waals surface area contributed by atoms with Gasteiger partial charge in [0.25, 0.3) is 10.1 Å². The van der Waals surface area contributed by atoms with E-state index in [1.165, 1.54) is 6.92 Å². The predicted molar refractivity (Wildman–Crippen MR) is 94.5 cm³/mol. The third-order valence-electron chi connectivity index (χ3n) is 3.22. The SMILES string of the molecule is CC(=O)Nc1c(C)ccn1-c1ccc(Cl)c(COS(C)(=O)=O)c1Cl. The molecule has 0 aliphatic rings. The average Bonchev–Trinajstić information content (AvgIpc) is 2.78.